The summed E-state index contributed by atoms with van der Waals surface area (Å²) >= 11 is 1.51. The Morgan fingerprint density at radius 2 is 1.88 bits per heavy atom. The molecule has 0 unspecified atom stereocenters. The van der Waals surface area contributed by atoms with E-state index in [4.69, 9.17) is 4.74 Å². The van der Waals surface area contributed by atoms with Gasteiger partial charge in [0.15, 0.2) is 4.80 Å². The Morgan fingerprint density at radius 1 is 1.19 bits per heavy atom. The Morgan fingerprint density at radius 3 is 2.54 bits per heavy atom. The molecule has 5 heteroatoms. The molecule has 1 aromatic heterocycles. The SMILES string of the molecule is CCOc1cccc2sc(=NC(=O)Cc3c(C)cc(C)cc3C)n(C)c12. The van der Waals surface area contributed by atoms with Crippen LogP contribution in [0.5, 0.6) is 5.75 Å². The van der Waals surface area contributed by atoms with Crippen molar-refractivity contribution < 1.29 is 9.53 Å². The first-order valence-corrected chi connectivity index (χ1v) is 9.58. The number of aromatic nitrogens is 1. The Labute approximate surface area is 157 Å². The fraction of sp³-hybridized carbons (Fsp3) is 0.333. The molecule has 0 radical (unpaired) electrons. The van der Waals surface area contributed by atoms with Crippen molar-refractivity contribution in [1.29, 1.82) is 0 Å². The monoisotopic (exact) mass is 368 g/mol. The summed E-state index contributed by atoms with van der Waals surface area (Å²) in [5.74, 6) is 0.697. The second-order valence-corrected chi connectivity index (χ2v) is 7.55. The van der Waals surface area contributed by atoms with E-state index in [1.807, 2.05) is 36.7 Å². The molecule has 0 saturated carbocycles. The standard InChI is InChI=1S/C21H24N2O2S/c1-6-25-17-8-7-9-18-20(17)23(5)21(26-18)22-19(24)12-16-14(3)10-13(2)11-15(16)4/h7-11H,6,12H2,1-5H3. The van der Waals surface area contributed by atoms with E-state index in [1.165, 1.54) is 16.9 Å². The average molecular weight is 369 g/mol. The lowest BCUT2D eigenvalue weighted by atomic mass is 9.97. The highest BCUT2D eigenvalue weighted by Crippen LogP contribution is 2.27. The van der Waals surface area contributed by atoms with Crippen LogP contribution in [0.2, 0.25) is 0 Å². The zero-order valence-electron chi connectivity index (χ0n) is 15.9. The summed E-state index contributed by atoms with van der Waals surface area (Å²) < 4.78 is 8.72. The lowest BCUT2D eigenvalue weighted by molar-refractivity contribution is -0.117. The van der Waals surface area contributed by atoms with Gasteiger partial charge in [-0.25, -0.2) is 0 Å². The average Bonchev–Trinajstić information content (AvgIpc) is 2.88. The van der Waals surface area contributed by atoms with Gasteiger partial charge >= 0.3 is 0 Å². The fourth-order valence-electron chi connectivity index (χ4n) is 3.33. The van der Waals surface area contributed by atoms with Crippen molar-refractivity contribution in [3.05, 3.63) is 57.4 Å². The highest BCUT2D eigenvalue weighted by molar-refractivity contribution is 7.16. The second kappa shape index (κ2) is 7.46. The third-order valence-electron chi connectivity index (χ3n) is 4.47. The number of hydrogen-bond acceptors (Lipinski definition) is 3. The molecule has 1 heterocycles. The van der Waals surface area contributed by atoms with Crippen molar-refractivity contribution in [2.24, 2.45) is 12.0 Å². The molecule has 1 amide bonds. The summed E-state index contributed by atoms with van der Waals surface area (Å²) in [7, 11) is 1.93. The van der Waals surface area contributed by atoms with Crippen LogP contribution < -0.4 is 9.54 Å². The third kappa shape index (κ3) is 3.58. The lowest BCUT2D eigenvalue weighted by Gasteiger charge is -2.09. The maximum atomic E-state index is 12.6. The Hall–Kier alpha value is -2.40. The van der Waals surface area contributed by atoms with Crippen molar-refractivity contribution in [3.8, 4) is 5.75 Å². The number of para-hydroxylation sites is 1. The maximum Gasteiger partial charge on any atom is 0.252 e. The van der Waals surface area contributed by atoms with Gasteiger partial charge in [0.25, 0.3) is 5.91 Å². The van der Waals surface area contributed by atoms with Gasteiger partial charge in [0.1, 0.15) is 11.3 Å². The predicted octanol–water partition coefficient (Wildman–Crippen LogP) is 4.23. The van der Waals surface area contributed by atoms with Crippen LogP contribution in [-0.2, 0) is 18.3 Å². The summed E-state index contributed by atoms with van der Waals surface area (Å²) in [5.41, 5.74) is 5.56. The highest BCUT2D eigenvalue weighted by atomic mass is 32.1. The van der Waals surface area contributed by atoms with Crippen LogP contribution in [0.4, 0.5) is 0 Å². The number of carbonyl (C=O) groups is 1. The van der Waals surface area contributed by atoms with E-state index in [-0.39, 0.29) is 5.91 Å². The van der Waals surface area contributed by atoms with Gasteiger partial charge in [-0.05, 0) is 56.5 Å². The van der Waals surface area contributed by atoms with E-state index in [9.17, 15) is 4.79 Å². The summed E-state index contributed by atoms with van der Waals surface area (Å²) in [6, 6.07) is 10.2. The molecule has 0 bridgehead atoms. The van der Waals surface area contributed by atoms with Crippen molar-refractivity contribution in [3.63, 3.8) is 0 Å². The minimum absolute atomic E-state index is 0.125. The maximum absolute atomic E-state index is 12.6. The van der Waals surface area contributed by atoms with Crippen LogP contribution in [-0.4, -0.2) is 17.1 Å². The topological polar surface area (TPSA) is 43.6 Å². The molecule has 3 aromatic rings. The molecule has 0 aliphatic carbocycles. The Kier molecular flexibility index (Phi) is 5.28. The van der Waals surface area contributed by atoms with Crippen molar-refractivity contribution in [2.75, 3.05) is 6.61 Å². The van der Waals surface area contributed by atoms with Gasteiger partial charge in [0.05, 0.1) is 17.7 Å². The van der Waals surface area contributed by atoms with Gasteiger partial charge in [-0.2, -0.15) is 4.99 Å². The van der Waals surface area contributed by atoms with Gasteiger partial charge < -0.3 is 9.30 Å². The predicted molar refractivity (Wildman–Crippen MR) is 107 cm³/mol. The van der Waals surface area contributed by atoms with Gasteiger partial charge in [-0.15, -0.1) is 0 Å². The van der Waals surface area contributed by atoms with Gasteiger partial charge in [0.2, 0.25) is 0 Å². The molecular weight excluding hydrogens is 344 g/mol. The molecule has 0 aliphatic heterocycles. The van der Waals surface area contributed by atoms with Gasteiger partial charge in [0, 0.05) is 7.05 Å². The molecular formula is C21H24N2O2S. The number of nitrogens with zero attached hydrogens (tertiary/aromatic N) is 2. The van der Waals surface area contributed by atoms with Gasteiger partial charge in [-0.1, -0.05) is 35.1 Å². The van der Waals surface area contributed by atoms with Crippen molar-refractivity contribution >= 4 is 27.5 Å². The number of thiazole rings is 1. The molecule has 0 spiro atoms. The minimum Gasteiger partial charge on any atom is -0.492 e. The number of fused-ring (bicyclic) bond motifs is 1. The van der Waals surface area contributed by atoms with E-state index in [2.05, 4.69) is 37.9 Å². The van der Waals surface area contributed by atoms with Crippen molar-refractivity contribution in [1.82, 2.24) is 4.57 Å². The normalized spacial score (nSPS) is 12.0. The van der Waals surface area contributed by atoms with Gasteiger partial charge in [-0.3, -0.25) is 4.79 Å². The van der Waals surface area contributed by atoms with Crippen LogP contribution in [0.15, 0.2) is 35.3 Å². The van der Waals surface area contributed by atoms with E-state index >= 15 is 0 Å². The summed E-state index contributed by atoms with van der Waals surface area (Å²) in [5, 5.41) is 0. The third-order valence-corrected chi connectivity index (χ3v) is 5.57. The number of aryl methyl sites for hydroxylation is 4. The first-order chi connectivity index (χ1) is 12.4. The molecule has 0 atom stereocenters. The number of rotatable bonds is 4. The summed E-state index contributed by atoms with van der Waals surface area (Å²) in [6.45, 7) is 8.74. The molecule has 0 saturated heterocycles. The van der Waals surface area contributed by atoms with E-state index < -0.39 is 0 Å². The fourth-order valence-corrected chi connectivity index (χ4v) is 4.39. The van der Waals surface area contributed by atoms with E-state index in [0.717, 1.165) is 32.7 Å². The molecule has 3 rings (SSSR count). The summed E-state index contributed by atoms with van der Waals surface area (Å²) in [4.78, 5) is 17.7. The highest BCUT2D eigenvalue weighted by Gasteiger charge is 2.12. The quantitative estimate of drug-likeness (QED) is 0.691. The smallest absolute Gasteiger partial charge is 0.252 e. The Balaban J connectivity index is 1.99. The lowest BCUT2D eigenvalue weighted by Crippen LogP contribution is -2.15. The number of carbonyl (C=O) groups excluding carboxylic acids is 1. The number of benzene rings is 2. The van der Waals surface area contributed by atoms with Crippen LogP contribution in [0.25, 0.3) is 10.2 Å². The number of amides is 1. The molecule has 4 nitrogen and oxygen atoms in total. The van der Waals surface area contributed by atoms with Crippen LogP contribution in [0.3, 0.4) is 0 Å². The van der Waals surface area contributed by atoms with Crippen LogP contribution in [0, 0.1) is 20.8 Å². The zero-order valence-corrected chi connectivity index (χ0v) is 16.7. The number of hydrogen-bond donors (Lipinski definition) is 0. The van der Waals surface area contributed by atoms with E-state index in [0.29, 0.717) is 17.8 Å². The molecule has 2 aromatic carbocycles. The largest absolute Gasteiger partial charge is 0.492 e. The zero-order chi connectivity index (χ0) is 18.8. The minimum atomic E-state index is -0.125. The molecule has 0 fully saturated rings. The Bertz CT molecular complexity index is 1020. The number of ether oxygens (including phenoxy) is 1. The first kappa shape index (κ1) is 18.4. The molecule has 136 valence electrons. The first-order valence-electron chi connectivity index (χ1n) is 8.76. The van der Waals surface area contributed by atoms with Crippen molar-refractivity contribution in [2.45, 2.75) is 34.1 Å². The second-order valence-electron chi connectivity index (χ2n) is 6.54. The molecule has 0 aliphatic rings. The molecule has 0 N–H and O–H groups in total. The van der Waals surface area contributed by atoms with Crippen LogP contribution in [0.1, 0.15) is 29.2 Å². The van der Waals surface area contributed by atoms with E-state index in [1.54, 1.807) is 0 Å². The summed E-state index contributed by atoms with van der Waals surface area (Å²) in [6.07, 6.45) is 0.324. The van der Waals surface area contributed by atoms with Crippen LogP contribution >= 0.6 is 11.3 Å². The molecule has 26 heavy (non-hydrogen) atoms.